The minimum atomic E-state index is -0.384. The van der Waals surface area contributed by atoms with Crippen LogP contribution in [0.3, 0.4) is 0 Å². The molecule has 3 rings (SSSR count). The summed E-state index contributed by atoms with van der Waals surface area (Å²) in [5, 5.41) is 9.57. The number of nitrogens with zero attached hydrogens (tertiary/aromatic N) is 2. The van der Waals surface area contributed by atoms with E-state index in [9.17, 15) is 5.11 Å². The van der Waals surface area contributed by atoms with Crippen LogP contribution < -0.4 is 0 Å². The number of hydrogen-bond acceptors (Lipinski definition) is 3. The predicted molar refractivity (Wildman–Crippen MR) is 94.1 cm³/mol. The standard InChI is InChI=1S/C20H26N2O/c1-17(23)20-9-7-19(8-10-20)16-22-13-11-21(12-14-22)15-18-5-3-2-4-6-18/h2-10,17,23H,11-16H2,1H3. The zero-order valence-corrected chi connectivity index (χ0v) is 13.9. The lowest BCUT2D eigenvalue weighted by Crippen LogP contribution is -2.45. The Kier molecular flexibility index (Phi) is 5.44. The van der Waals surface area contributed by atoms with E-state index in [-0.39, 0.29) is 6.10 Å². The van der Waals surface area contributed by atoms with Crippen molar-refractivity contribution >= 4 is 0 Å². The fourth-order valence-electron chi connectivity index (χ4n) is 3.11. The van der Waals surface area contributed by atoms with Crippen molar-refractivity contribution in [2.45, 2.75) is 26.1 Å². The second-order valence-corrected chi connectivity index (χ2v) is 6.46. The molecule has 3 nitrogen and oxygen atoms in total. The molecule has 1 N–H and O–H groups in total. The van der Waals surface area contributed by atoms with Crippen LogP contribution in [-0.2, 0) is 13.1 Å². The van der Waals surface area contributed by atoms with Crippen LogP contribution >= 0.6 is 0 Å². The Labute approximate surface area is 139 Å². The molecule has 0 aliphatic carbocycles. The second-order valence-electron chi connectivity index (χ2n) is 6.46. The van der Waals surface area contributed by atoms with Crippen molar-refractivity contribution in [2.75, 3.05) is 26.2 Å². The largest absolute Gasteiger partial charge is 0.389 e. The van der Waals surface area contributed by atoms with Crippen molar-refractivity contribution in [1.82, 2.24) is 9.80 Å². The van der Waals surface area contributed by atoms with Gasteiger partial charge in [-0.05, 0) is 23.6 Å². The van der Waals surface area contributed by atoms with E-state index in [1.54, 1.807) is 6.92 Å². The Morgan fingerprint density at radius 1 is 0.783 bits per heavy atom. The molecule has 0 aromatic heterocycles. The van der Waals surface area contributed by atoms with Crippen LogP contribution in [0.1, 0.15) is 29.7 Å². The molecule has 0 amide bonds. The molecule has 1 atom stereocenters. The molecular formula is C20H26N2O. The van der Waals surface area contributed by atoms with Crippen molar-refractivity contribution in [1.29, 1.82) is 0 Å². The zero-order valence-electron chi connectivity index (χ0n) is 13.9. The molecule has 0 spiro atoms. The third kappa shape index (κ3) is 4.64. The van der Waals surface area contributed by atoms with Gasteiger partial charge in [0.15, 0.2) is 0 Å². The first-order chi connectivity index (χ1) is 11.2. The maximum Gasteiger partial charge on any atom is 0.0761 e. The molecule has 1 aliphatic rings. The van der Waals surface area contributed by atoms with Gasteiger partial charge in [-0.2, -0.15) is 0 Å². The van der Waals surface area contributed by atoms with Crippen LogP contribution in [0.15, 0.2) is 54.6 Å². The monoisotopic (exact) mass is 310 g/mol. The second kappa shape index (κ2) is 7.73. The summed E-state index contributed by atoms with van der Waals surface area (Å²) in [5.74, 6) is 0. The molecular weight excluding hydrogens is 284 g/mol. The van der Waals surface area contributed by atoms with Gasteiger partial charge in [0.05, 0.1) is 6.10 Å². The molecule has 0 bridgehead atoms. The molecule has 2 aromatic rings. The lowest BCUT2D eigenvalue weighted by Gasteiger charge is -2.34. The summed E-state index contributed by atoms with van der Waals surface area (Å²) in [4.78, 5) is 5.04. The maximum absolute atomic E-state index is 9.57. The van der Waals surface area contributed by atoms with Crippen LogP contribution in [0.5, 0.6) is 0 Å². The molecule has 1 unspecified atom stereocenters. The van der Waals surface area contributed by atoms with E-state index in [2.05, 4.69) is 52.3 Å². The molecule has 23 heavy (non-hydrogen) atoms. The number of aliphatic hydroxyl groups is 1. The third-order valence-corrected chi connectivity index (χ3v) is 4.58. The van der Waals surface area contributed by atoms with Crippen molar-refractivity contribution in [3.05, 3.63) is 71.3 Å². The summed E-state index contributed by atoms with van der Waals surface area (Å²) in [6.07, 6.45) is -0.384. The number of benzene rings is 2. The van der Waals surface area contributed by atoms with E-state index >= 15 is 0 Å². The summed E-state index contributed by atoms with van der Waals surface area (Å²) in [7, 11) is 0. The zero-order chi connectivity index (χ0) is 16.1. The Balaban J connectivity index is 1.47. The number of piperazine rings is 1. The average Bonchev–Trinajstić information content (AvgIpc) is 2.58. The summed E-state index contributed by atoms with van der Waals surface area (Å²) < 4.78 is 0. The summed E-state index contributed by atoms with van der Waals surface area (Å²) in [6.45, 7) is 8.34. The van der Waals surface area contributed by atoms with Crippen molar-refractivity contribution in [2.24, 2.45) is 0 Å². The van der Waals surface area contributed by atoms with Gasteiger partial charge in [-0.3, -0.25) is 9.80 Å². The highest BCUT2D eigenvalue weighted by atomic mass is 16.3. The van der Waals surface area contributed by atoms with Crippen LogP contribution in [-0.4, -0.2) is 41.1 Å². The van der Waals surface area contributed by atoms with Gasteiger partial charge >= 0.3 is 0 Å². The normalized spacial score (nSPS) is 18.0. The van der Waals surface area contributed by atoms with E-state index in [1.807, 2.05) is 12.1 Å². The minimum absolute atomic E-state index is 0.384. The highest BCUT2D eigenvalue weighted by Gasteiger charge is 2.17. The lowest BCUT2D eigenvalue weighted by molar-refractivity contribution is 0.122. The summed E-state index contributed by atoms with van der Waals surface area (Å²) in [5.41, 5.74) is 3.71. The number of hydrogen-bond donors (Lipinski definition) is 1. The smallest absolute Gasteiger partial charge is 0.0761 e. The van der Waals surface area contributed by atoms with Gasteiger partial charge in [-0.15, -0.1) is 0 Å². The molecule has 122 valence electrons. The van der Waals surface area contributed by atoms with Gasteiger partial charge in [0.25, 0.3) is 0 Å². The Bertz CT molecular complexity index is 587. The minimum Gasteiger partial charge on any atom is -0.389 e. The highest BCUT2D eigenvalue weighted by Crippen LogP contribution is 2.15. The van der Waals surface area contributed by atoms with Crippen LogP contribution in [0.4, 0.5) is 0 Å². The van der Waals surface area contributed by atoms with Gasteiger partial charge in [0, 0.05) is 39.3 Å². The fraction of sp³-hybridized carbons (Fsp3) is 0.400. The van der Waals surface area contributed by atoms with Crippen molar-refractivity contribution in [3.8, 4) is 0 Å². The molecule has 0 saturated carbocycles. The third-order valence-electron chi connectivity index (χ3n) is 4.58. The molecule has 1 aliphatic heterocycles. The molecule has 1 fully saturated rings. The predicted octanol–water partition coefficient (Wildman–Crippen LogP) is 3.06. The molecule has 1 heterocycles. The van der Waals surface area contributed by atoms with E-state index in [1.165, 1.54) is 11.1 Å². The highest BCUT2D eigenvalue weighted by molar-refractivity contribution is 5.23. The SMILES string of the molecule is CC(O)c1ccc(CN2CCN(Cc3ccccc3)CC2)cc1. The van der Waals surface area contributed by atoms with E-state index in [0.717, 1.165) is 44.8 Å². The van der Waals surface area contributed by atoms with E-state index in [4.69, 9.17) is 0 Å². The van der Waals surface area contributed by atoms with Crippen LogP contribution in [0.25, 0.3) is 0 Å². The number of aliphatic hydroxyl groups excluding tert-OH is 1. The first kappa shape index (κ1) is 16.2. The quantitative estimate of drug-likeness (QED) is 0.919. The van der Waals surface area contributed by atoms with Gasteiger partial charge in [0.1, 0.15) is 0 Å². The Morgan fingerprint density at radius 3 is 1.74 bits per heavy atom. The first-order valence-corrected chi connectivity index (χ1v) is 8.46. The van der Waals surface area contributed by atoms with Crippen LogP contribution in [0.2, 0.25) is 0 Å². The van der Waals surface area contributed by atoms with E-state index < -0.39 is 0 Å². The Hall–Kier alpha value is -1.68. The maximum atomic E-state index is 9.57. The average molecular weight is 310 g/mol. The van der Waals surface area contributed by atoms with Gasteiger partial charge in [0.2, 0.25) is 0 Å². The van der Waals surface area contributed by atoms with Crippen molar-refractivity contribution in [3.63, 3.8) is 0 Å². The topological polar surface area (TPSA) is 26.7 Å². The van der Waals surface area contributed by atoms with Gasteiger partial charge in [-0.1, -0.05) is 54.6 Å². The molecule has 1 saturated heterocycles. The summed E-state index contributed by atoms with van der Waals surface area (Å²) in [6, 6.07) is 19.1. The van der Waals surface area contributed by atoms with Gasteiger partial charge in [-0.25, -0.2) is 0 Å². The van der Waals surface area contributed by atoms with Crippen LogP contribution in [0, 0.1) is 0 Å². The lowest BCUT2D eigenvalue weighted by atomic mass is 10.1. The first-order valence-electron chi connectivity index (χ1n) is 8.46. The Morgan fingerprint density at radius 2 is 1.26 bits per heavy atom. The molecule has 2 aromatic carbocycles. The fourth-order valence-corrected chi connectivity index (χ4v) is 3.11. The molecule has 3 heteroatoms. The summed E-state index contributed by atoms with van der Waals surface area (Å²) >= 11 is 0. The van der Waals surface area contributed by atoms with Crippen molar-refractivity contribution < 1.29 is 5.11 Å². The van der Waals surface area contributed by atoms with Gasteiger partial charge < -0.3 is 5.11 Å². The number of rotatable bonds is 5. The molecule has 0 radical (unpaired) electrons. The van der Waals surface area contributed by atoms with E-state index in [0.29, 0.717) is 0 Å².